The maximum absolute atomic E-state index is 13.0. The molecule has 2 aromatic carbocycles. The fraction of sp³-hybridized carbons (Fsp3) is 0.133. The Bertz CT molecular complexity index is 633. The summed E-state index contributed by atoms with van der Waals surface area (Å²) in [7, 11) is 0. The highest BCUT2D eigenvalue weighted by Crippen LogP contribution is 2.27. The summed E-state index contributed by atoms with van der Waals surface area (Å²) in [5, 5.41) is 2.86. The summed E-state index contributed by atoms with van der Waals surface area (Å²) < 4.78 is 13.5. The smallest absolute Gasteiger partial charge is 0.256 e. The van der Waals surface area contributed by atoms with Crippen LogP contribution < -0.4 is 5.32 Å². The van der Waals surface area contributed by atoms with Gasteiger partial charge in [-0.05, 0) is 52.0 Å². The van der Waals surface area contributed by atoms with E-state index < -0.39 is 0 Å². The van der Waals surface area contributed by atoms with Crippen LogP contribution in [-0.2, 0) is 0 Å². The molecule has 0 saturated carbocycles. The zero-order valence-corrected chi connectivity index (χ0v) is 13.2. The van der Waals surface area contributed by atoms with Crippen LogP contribution in [0.5, 0.6) is 0 Å². The van der Waals surface area contributed by atoms with Gasteiger partial charge in [-0.25, -0.2) is 4.39 Å². The average molecular weight is 354 g/mol. The Morgan fingerprint density at radius 2 is 2.05 bits per heavy atom. The molecule has 104 valence electrons. The number of hydrogen-bond acceptors (Lipinski definition) is 2. The number of carbonyl (C=O) groups is 1. The largest absolute Gasteiger partial charge is 0.321 e. The minimum atomic E-state index is -0.379. The normalized spacial score (nSPS) is 10.3. The van der Waals surface area contributed by atoms with Gasteiger partial charge in [0.05, 0.1) is 11.3 Å². The number of nitrogens with one attached hydrogen (secondary N) is 1. The number of halogens is 2. The highest BCUT2D eigenvalue weighted by molar-refractivity contribution is 9.10. The van der Waals surface area contributed by atoms with Gasteiger partial charge in [0.1, 0.15) is 5.82 Å². The quantitative estimate of drug-likeness (QED) is 0.787. The molecule has 2 rings (SSSR count). The number of rotatable bonds is 4. The molecule has 0 saturated heterocycles. The van der Waals surface area contributed by atoms with E-state index in [1.807, 2.05) is 24.3 Å². The first kappa shape index (κ1) is 15.1. The number of thioether (sulfide) groups is 1. The first-order valence-corrected chi connectivity index (χ1v) is 7.88. The maximum atomic E-state index is 13.0. The summed E-state index contributed by atoms with van der Waals surface area (Å²) in [4.78, 5) is 13.2. The van der Waals surface area contributed by atoms with Crippen molar-refractivity contribution in [2.45, 2.75) is 11.8 Å². The van der Waals surface area contributed by atoms with E-state index >= 15 is 0 Å². The predicted molar refractivity (Wildman–Crippen MR) is 84.9 cm³/mol. The van der Waals surface area contributed by atoms with E-state index in [0.717, 1.165) is 16.3 Å². The van der Waals surface area contributed by atoms with Crippen molar-refractivity contribution in [1.82, 2.24) is 0 Å². The monoisotopic (exact) mass is 353 g/mol. The van der Waals surface area contributed by atoms with Crippen molar-refractivity contribution in [2.24, 2.45) is 0 Å². The van der Waals surface area contributed by atoms with Gasteiger partial charge in [-0.15, -0.1) is 11.8 Å². The minimum Gasteiger partial charge on any atom is -0.321 e. The van der Waals surface area contributed by atoms with E-state index in [9.17, 15) is 9.18 Å². The number of anilines is 1. The molecular formula is C15H13BrFNOS. The van der Waals surface area contributed by atoms with Gasteiger partial charge in [0.25, 0.3) is 5.91 Å². The van der Waals surface area contributed by atoms with Crippen LogP contribution in [-0.4, -0.2) is 11.7 Å². The topological polar surface area (TPSA) is 29.1 Å². The second kappa shape index (κ2) is 6.90. The van der Waals surface area contributed by atoms with E-state index in [4.69, 9.17) is 0 Å². The van der Waals surface area contributed by atoms with Gasteiger partial charge in [-0.3, -0.25) is 4.79 Å². The van der Waals surface area contributed by atoms with E-state index in [-0.39, 0.29) is 11.7 Å². The number of carbonyl (C=O) groups excluding carboxylic acids is 1. The summed E-state index contributed by atoms with van der Waals surface area (Å²) in [6.45, 7) is 2.06. The van der Waals surface area contributed by atoms with Crippen molar-refractivity contribution in [3.8, 4) is 0 Å². The Morgan fingerprint density at radius 3 is 2.75 bits per heavy atom. The summed E-state index contributed by atoms with van der Waals surface area (Å²) in [5.74, 6) is 0.282. The third-order valence-electron chi connectivity index (χ3n) is 2.61. The zero-order chi connectivity index (χ0) is 14.5. The second-order valence-electron chi connectivity index (χ2n) is 4.01. The number of benzene rings is 2. The lowest BCUT2D eigenvalue weighted by atomic mass is 10.2. The molecule has 1 N–H and O–H groups in total. The van der Waals surface area contributed by atoms with Crippen LogP contribution in [0.25, 0.3) is 0 Å². The Balaban J connectivity index is 2.23. The third-order valence-corrected chi connectivity index (χ3v) is 4.22. The Morgan fingerprint density at radius 1 is 1.30 bits per heavy atom. The molecule has 1 amide bonds. The summed E-state index contributed by atoms with van der Waals surface area (Å²) >= 11 is 4.86. The molecule has 0 aliphatic rings. The van der Waals surface area contributed by atoms with Gasteiger partial charge in [0.2, 0.25) is 0 Å². The molecule has 2 aromatic rings. The van der Waals surface area contributed by atoms with Crippen molar-refractivity contribution >= 4 is 39.3 Å². The van der Waals surface area contributed by atoms with E-state index in [2.05, 4.69) is 28.2 Å². The lowest BCUT2D eigenvalue weighted by Gasteiger charge is -2.11. The number of para-hydroxylation sites is 1. The van der Waals surface area contributed by atoms with E-state index in [1.165, 1.54) is 18.2 Å². The number of amides is 1. The van der Waals surface area contributed by atoms with Crippen LogP contribution in [0.15, 0.2) is 51.8 Å². The summed E-state index contributed by atoms with van der Waals surface area (Å²) in [5.41, 5.74) is 1.17. The zero-order valence-electron chi connectivity index (χ0n) is 10.8. The van der Waals surface area contributed by atoms with Crippen molar-refractivity contribution in [3.05, 3.63) is 58.3 Å². The fourth-order valence-electron chi connectivity index (χ4n) is 1.71. The van der Waals surface area contributed by atoms with E-state index in [0.29, 0.717) is 10.0 Å². The molecule has 0 aliphatic heterocycles. The first-order chi connectivity index (χ1) is 9.61. The Labute approximate surface area is 129 Å². The number of hydrogen-bond donors (Lipinski definition) is 1. The molecule has 0 aliphatic carbocycles. The van der Waals surface area contributed by atoms with Crippen LogP contribution in [0.3, 0.4) is 0 Å². The molecule has 5 heteroatoms. The third kappa shape index (κ3) is 3.61. The highest BCUT2D eigenvalue weighted by Gasteiger charge is 2.12. The highest BCUT2D eigenvalue weighted by atomic mass is 79.9. The molecule has 20 heavy (non-hydrogen) atoms. The molecule has 0 aromatic heterocycles. The van der Waals surface area contributed by atoms with Crippen molar-refractivity contribution in [2.75, 3.05) is 11.1 Å². The molecule has 0 spiro atoms. The van der Waals surface area contributed by atoms with E-state index in [1.54, 1.807) is 11.8 Å². The molecular weight excluding hydrogens is 341 g/mol. The fourth-order valence-corrected chi connectivity index (χ4v) is 3.01. The van der Waals surface area contributed by atoms with Crippen LogP contribution in [0.2, 0.25) is 0 Å². The SMILES string of the molecule is CCSc1ccccc1NC(=O)c1ccc(F)cc1Br. The minimum absolute atomic E-state index is 0.263. The average Bonchev–Trinajstić information content (AvgIpc) is 2.41. The van der Waals surface area contributed by atoms with Crippen molar-refractivity contribution in [3.63, 3.8) is 0 Å². The lowest BCUT2D eigenvalue weighted by Crippen LogP contribution is -2.13. The maximum Gasteiger partial charge on any atom is 0.256 e. The molecule has 0 unspecified atom stereocenters. The van der Waals surface area contributed by atoms with Gasteiger partial charge in [0, 0.05) is 9.37 Å². The summed E-state index contributed by atoms with van der Waals surface area (Å²) in [6, 6.07) is 11.6. The molecule has 0 atom stereocenters. The molecule has 0 radical (unpaired) electrons. The predicted octanol–water partition coefficient (Wildman–Crippen LogP) is 4.95. The van der Waals surface area contributed by atoms with Gasteiger partial charge in [-0.2, -0.15) is 0 Å². The van der Waals surface area contributed by atoms with Gasteiger partial charge in [-0.1, -0.05) is 19.1 Å². The van der Waals surface area contributed by atoms with Gasteiger partial charge < -0.3 is 5.32 Å². The van der Waals surface area contributed by atoms with Gasteiger partial charge in [0.15, 0.2) is 0 Å². The lowest BCUT2D eigenvalue weighted by molar-refractivity contribution is 0.102. The molecule has 2 nitrogen and oxygen atoms in total. The second-order valence-corrected chi connectivity index (χ2v) is 6.17. The molecule has 0 bridgehead atoms. The van der Waals surface area contributed by atoms with Crippen molar-refractivity contribution in [1.29, 1.82) is 0 Å². The van der Waals surface area contributed by atoms with Crippen LogP contribution in [0, 0.1) is 5.82 Å². The van der Waals surface area contributed by atoms with Gasteiger partial charge >= 0.3 is 0 Å². The Kier molecular flexibility index (Phi) is 5.20. The molecule has 0 heterocycles. The van der Waals surface area contributed by atoms with Crippen LogP contribution in [0.1, 0.15) is 17.3 Å². The summed E-state index contributed by atoms with van der Waals surface area (Å²) in [6.07, 6.45) is 0. The molecule has 0 fully saturated rings. The standard InChI is InChI=1S/C15H13BrFNOS/c1-2-20-14-6-4-3-5-13(14)18-15(19)11-8-7-10(17)9-12(11)16/h3-9H,2H2,1H3,(H,18,19). The van der Waals surface area contributed by atoms with Crippen molar-refractivity contribution < 1.29 is 9.18 Å². The first-order valence-electron chi connectivity index (χ1n) is 6.10. The van der Waals surface area contributed by atoms with Crippen LogP contribution in [0.4, 0.5) is 10.1 Å². The van der Waals surface area contributed by atoms with Crippen LogP contribution >= 0.6 is 27.7 Å². The Hall–Kier alpha value is -1.33.